The number of aryl methyl sites for hydroxylation is 2. The maximum atomic E-state index is 4.73. The fourth-order valence-electron chi connectivity index (χ4n) is 3.54. The van der Waals surface area contributed by atoms with Crippen LogP contribution in [0, 0.1) is 25.7 Å². The molecule has 2 nitrogen and oxygen atoms in total. The van der Waals surface area contributed by atoms with Crippen LogP contribution in [0.5, 0.6) is 0 Å². The summed E-state index contributed by atoms with van der Waals surface area (Å²) in [6.45, 7) is 9.93. The summed E-state index contributed by atoms with van der Waals surface area (Å²) in [5.74, 6) is 1.61. The van der Waals surface area contributed by atoms with Crippen molar-refractivity contribution in [2.45, 2.75) is 59.4 Å². The summed E-state index contributed by atoms with van der Waals surface area (Å²) in [5, 5.41) is 3.69. The molecule has 3 atom stereocenters. The molecule has 0 aromatic carbocycles. The van der Waals surface area contributed by atoms with Crippen LogP contribution < -0.4 is 5.32 Å². The summed E-state index contributed by atoms with van der Waals surface area (Å²) >= 11 is 0. The summed E-state index contributed by atoms with van der Waals surface area (Å²) in [6.07, 6.45) is 7.47. The first-order valence-electron chi connectivity index (χ1n) is 7.78. The van der Waals surface area contributed by atoms with Crippen molar-refractivity contribution in [2.75, 3.05) is 6.54 Å². The monoisotopic (exact) mass is 260 g/mol. The maximum absolute atomic E-state index is 4.73. The van der Waals surface area contributed by atoms with Crippen LogP contribution in [0.15, 0.2) is 12.3 Å². The minimum absolute atomic E-state index is 0.438. The Bertz CT molecular complexity index is 414. The minimum atomic E-state index is 0.438. The van der Waals surface area contributed by atoms with E-state index in [2.05, 4.69) is 39.1 Å². The molecule has 106 valence electrons. The van der Waals surface area contributed by atoms with Crippen LogP contribution in [0.4, 0.5) is 0 Å². The molecule has 2 rings (SSSR count). The third kappa shape index (κ3) is 3.56. The van der Waals surface area contributed by atoms with Gasteiger partial charge in [-0.2, -0.15) is 0 Å². The third-order valence-electron chi connectivity index (χ3n) is 4.42. The molecule has 19 heavy (non-hydrogen) atoms. The molecule has 1 aliphatic rings. The van der Waals surface area contributed by atoms with Crippen LogP contribution in [0.1, 0.15) is 62.4 Å². The van der Waals surface area contributed by atoms with Gasteiger partial charge in [-0.15, -0.1) is 0 Å². The van der Waals surface area contributed by atoms with Crippen molar-refractivity contribution in [3.05, 3.63) is 29.1 Å². The van der Waals surface area contributed by atoms with Crippen molar-refractivity contribution < 1.29 is 0 Å². The fraction of sp³-hybridized carbons (Fsp3) is 0.706. The molecule has 1 saturated carbocycles. The Balaban J connectivity index is 2.23. The average Bonchev–Trinajstić information content (AvgIpc) is 2.37. The van der Waals surface area contributed by atoms with Crippen LogP contribution in [-0.4, -0.2) is 11.5 Å². The van der Waals surface area contributed by atoms with E-state index in [-0.39, 0.29) is 0 Å². The number of pyridine rings is 1. The number of rotatable bonds is 4. The number of nitrogens with one attached hydrogen (secondary N) is 1. The van der Waals surface area contributed by atoms with Gasteiger partial charge in [0.15, 0.2) is 0 Å². The lowest BCUT2D eigenvalue weighted by atomic mass is 9.77. The predicted molar refractivity (Wildman–Crippen MR) is 81.3 cm³/mol. The topological polar surface area (TPSA) is 24.9 Å². The van der Waals surface area contributed by atoms with Gasteiger partial charge in [0.05, 0.1) is 11.7 Å². The molecular formula is C17H28N2. The number of hydrogen-bond acceptors (Lipinski definition) is 2. The highest BCUT2D eigenvalue weighted by atomic mass is 14.9. The van der Waals surface area contributed by atoms with Gasteiger partial charge in [-0.3, -0.25) is 4.98 Å². The first kappa shape index (κ1) is 14.5. The smallest absolute Gasteiger partial charge is 0.0605 e. The Morgan fingerprint density at radius 2 is 2.16 bits per heavy atom. The van der Waals surface area contributed by atoms with Gasteiger partial charge in [-0.1, -0.05) is 32.8 Å². The maximum Gasteiger partial charge on any atom is 0.0605 e. The first-order chi connectivity index (χ1) is 9.11. The number of hydrogen-bond donors (Lipinski definition) is 1. The van der Waals surface area contributed by atoms with Gasteiger partial charge in [0.1, 0.15) is 0 Å². The molecule has 1 aromatic heterocycles. The molecule has 1 heterocycles. The Morgan fingerprint density at radius 3 is 2.79 bits per heavy atom. The zero-order chi connectivity index (χ0) is 13.8. The SMILES string of the molecule is CCNC(c1ncc(C)cc1C)C1CCCC(C)C1. The van der Waals surface area contributed by atoms with Crippen LogP contribution in [0.25, 0.3) is 0 Å². The molecule has 0 aliphatic heterocycles. The van der Waals surface area contributed by atoms with Crippen molar-refractivity contribution in [1.29, 1.82) is 0 Å². The Labute approximate surface area is 118 Å². The van der Waals surface area contributed by atoms with Gasteiger partial charge in [-0.05, 0) is 56.2 Å². The molecule has 1 fully saturated rings. The second-order valence-electron chi connectivity index (χ2n) is 6.28. The zero-order valence-corrected chi connectivity index (χ0v) is 12.9. The summed E-state index contributed by atoms with van der Waals surface area (Å²) < 4.78 is 0. The molecular weight excluding hydrogens is 232 g/mol. The predicted octanol–water partition coefficient (Wildman–Crippen LogP) is 4.18. The van der Waals surface area contributed by atoms with E-state index in [1.54, 1.807) is 0 Å². The molecule has 0 saturated heterocycles. The van der Waals surface area contributed by atoms with Crippen LogP contribution in [0.2, 0.25) is 0 Å². The molecule has 1 N–H and O–H groups in total. The summed E-state index contributed by atoms with van der Waals surface area (Å²) in [4.78, 5) is 4.73. The van der Waals surface area contributed by atoms with Crippen molar-refractivity contribution >= 4 is 0 Å². The molecule has 1 aliphatic carbocycles. The Hall–Kier alpha value is -0.890. The molecule has 0 bridgehead atoms. The van der Waals surface area contributed by atoms with Gasteiger partial charge < -0.3 is 5.32 Å². The highest BCUT2D eigenvalue weighted by Crippen LogP contribution is 2.37. The fourth-order valence-corrected chi connectivity index (χ4v) is 3.54. The molecule has 2 heteroatoms. The van der Waals surface area contributed by atoms with Gasteiger partial charge in [0.25, 0.3) is 0 Å². The van der Waals surface area contributed by atoms with Crippen LogP contribution in [-0.2, 0) is 0 Å². The van der Waals surface area contributed by atoms with Gasteiger partial charge >= 0.3 is 0 Å². The van der Waals surface area contributed by atoms with Gasteiger partial charge in [-0.25, -0.2) is 0 Å². The zero-order valence-electron chi connectivity index (χ0n) is 12.9. The second kappa shape index (κ2) is 6.51. The van der Waals surface area contributed by atoms with Crippen LogP contribution in [0.3, 0.4) is 0 Å². The summed E-state index contributed by atoms with van der Waals surface area (Å²) in [7, 11) is 0. The summed E-state index contributed by atoms with van der Waals surface area (Å²) in [6, 6.07) is 2.70. The van der Waals surface area contributed by atoms with Crippen LogP contribution >= 0.6 is 0 Å². The molecule has 0 amide bonds. The standard InChI is InChI=1S/C17H28N2/c1-5-18-17(15-8-6-7-12(2)10-15)16-14(4)9-13(3)11-19-16/h9,11-12,15,17-18H,5-8,10H2,1-4H3. The average molecular weight is 260 g/mol. The van der Waals surface area contributed by atoms with E-state index in [1.165, 1.54) is 42.5 Å². The van der Waals surface area contributed by atoms with E-state index in [1.807, 2.05) is 6.20 Å². The lowest BCUT2D eigenvalue weighted by Crippen LogP contribution is -2.32. The highest BCUT2D eigenvalue weighted by molar-refractivity contribution is 5.26. The van der Waals surface area contributed by atoms with Gasteiger partial charge in [0.2, 0.25) is 0 Å². The molecule has 0 spiro atoms. The minimum Gasteiger partial charge on any atom is -0.309 e. The molecule has 0 radical (unpaired) electrons. The lowest BCUT2D eigenvalue weighted by Gasteiger charge is -2.34. The van der Waals surface area contributed by atoms with Crippen molar-refractivity contribution in [3.8, 4) is 0 Å². The number of nitrogens with zero attached hydrogens (tertiary/aromatic N) is 1. The van der Waals surface area contributed by atoms with E-state index in [0.29, 0.717) is 6.04 Å². The van der Waals surface area contributed by atoms with Crippen molar-refractivity contribution in [2.24, 2.45) is 11.8 Å². The highest BCUT2D eigenvalue weighted by Gasteiger charge is 2.28. The van der Waals surface area contributed by atoms with E-state index >= 15 is 0 Å². The quantitative estimate of drug-likeness (QED) is 0.878. The first-order valence-corrected chi connectivity index (χ1v) is 7.78. The van der Waals surface area contributed by atoms with Crippen molar-refractivity contribution in [3.63, 3.8) is 0 Å². The van der Waals surface area contributed by atoms with E-state index in [9.17, 15) is 0 Å². The molecule has 3 unspecified atom stereocenters. The largest absolute Gasteiger partial charge is 0.309 e. The van der Waals surface area contributed by atoms with E-state index in [4.69, 9.17) is 4.98 Å². The Morgan fingerprint density at radius 1 is 1.37 bits per heavy atom. The lowest BCUT2D eigenvalue weighted by molar-refractivity contribution is 0.222. The van der Waals surface area contributed by atoms with Crippen molar-refractivity contribution in [1.82, 2.24) is 10.3 Å². The molecule has 1 aromatic rings. The normalized spacial score (nSPS) is 25.3. The second-order valence-corrected chi connectivity index (χ2v) is 6.28. The third-order valence-corrected chi connectivity index (χ3v) is 4.42. The van der Waals surface area contributed by atoms with E-state index < -0.39 is 0 Å². The van der Waals surface area contributed by atoms with Gasteiger partial charge in [0, 0.05) is 6.20 Å². The number of aromatic nitrogens is 1. The van der Waals surface area contributed by atoms with E-state index in [0.717, 1.165) is 18.4 Å². The summed E-state index contributed by atoms with van der Waals surface area (Å²) in [5.41, 5.74) is 3.87. The Kier molecular flexibility index (Phi) is 4.98.